The Morgan fingerprint density at radius 1 is 1.35 bits per heavy atom. The number of fused-ring (bicyclic) bond motifs is 1. The minimum absolute atomic E-state index is 0. The number of amides is 1. The number of methoxy groups -OCH3 is 1. The molecule has 2 aromatic rings. The first-order valence-corrected chi connectivity index (χ1v) is 8.11. The van der Waals surface area contributed by atoms with E-state index < -0.39 is 0 Å². The number of aromatic nitrogens is 1. The summed E-state index contributed by atoms with van der Waals surface area (Å²) in [6, 6.07) is 5.71. The Kier molecular flexibility index (Phi) is 6.17. The minimum Gasteiger partial charge on any atom is -1.00 e. The lowest BCUT2D eigenvalue weighted by atomic mass is 10.3. The van der Waals surface area contributed by atoms with E-state index in [1.54, 1.807) is 7.11 Å². The van der Waals surface area contributed by atoms with Crippen molar-refractivity contribution in [2.24, 2.45) is 0 Å². The highest BCUT2D eigenvalue weighted by molar-refractivity contribution is 7.22. The monoisotopic (exact) mass is 355 g/mol. The highest BCUT2D eigenvalue weighted by atomic mass is 35.5. The maximum atomic E-state index is 12.1. The van der Waals surface area contributed by atoms with Gasteiger partial charge in [0.1, 0.15) is 5.75 Å². The molecule has 3 rings (SSSR count). The van der Waals surface area contributed by atoms with Crippen LogP contribution in [0.2, 0.25) is 0 Å². The molecule has 0 aliphatic carbocycles. The lowest BCUT2D eigenvalue weighted by Crippen LogP contribution is -3.00. The third-order valence-corrected chi connectivity index (χ3v) is 4.74. The summed E-state index contributed by atoms with van der Waals surface area (Å²) in [6.45, 7) is 4.30. The van der Waals surface area contributed by atoms with Gasteiger partial charge in [0.25, 0.3) is 0 Å². The summed E-state index contributed by atoms with van der Waals surface area (Å²) in [5, 5.41) is 3.54. The van der Waals surface area contributed by atoms with Gasteiger partial charge in [0.05, 0.1) is 23.9 Å². The van der Waals surface area contributed by atoms with Crippen LogP contribution in [0.4, 0.5) is 5.13 Å². The molecule has 1 fully saturated rings. The number of nitrogens with zero attached hydrogens (tertiary/aromatic N) is 3. The smallest absolute Gasteiger partial charge is 0.240 e. The molecule has 6 nitrogen and oxygen atoms in total. The number of carbonyl (C=O) groups excluding carboxylic acids is 1. The number of hydrogen-bond donors (Lipinski definition) is 1. The zero-order valence-electron chi connectivity index (χ0n) is 13.2. The molecule has 1 aromatic heterocycles. The molecule has 0 saturated carbocycles. The maximum absolute atomic E-state index is 12.1. The minimum atomic E-state index is -0.00410. The summed E-state index contributed by atoms with van der Waals surface area (Å²) in [5.74, 6) is 0.794. The van der Waals surface area contributed by atoms with Gasteiger partial charge in [0.15, 0.2) is 5.13 Å². The van der Waals surface area contributed by atoms with E-state index in [2.05, 4.69) is 27.1 Å². The largest absolute Gasteiger partial charge is 1.00 e. The van der Waals surface area contributed by atoms with Gasteiger partial charge < -0.3 is 27.4 Å². The number of halogens is 1. The van der Waals surface area contributed by atoms with Crippen LogP contribution in [0.3, 0.4) is 0 Å². The van der Waals surface area contributed by atoms with Crippen molar-refractivity contribution in [2.45, 2.75) is 0 Å². The van der Waals surface area contributed by atoms with E-state index in [1.165, 1.54) is 11.3 Å². The Balaban J connectivity index is 0.00000192. The molecule has 0 radical (unpaired) electrons. The van der Waals surface area contributed by atoms with Gasteiger partial charge in [0, 0.05) is 26.2 Å². The van der Waals surface area contributed by atoms with E-state index >= 15 is 0 Å². The lowest BCUT2D eigenvalue weighted by Gasteiger charge is -2.31. The van der Waals surface area contributed by atoms with Crippen LogP contribution in [0.1, 0.15) is 0 Å². The molecule has 0 atom stereocenters. The van der Waals surface area contributed by atoms with Gasteiger partial charge in [-0.25, -0.2) is 4.98 Å². The highest BCUT2D eigenvalue weighted by Gasteiger charge is 2.17. The predicted octanol–water partition coefficient (Wildman–Crippen LogP) is -1.51. The molecular formula is C15H20ClN4O2S-. The van der Waals surface area contributed by atoms with Gasteiger partial charge in [-0.15, -0.1) is 0 Å². The van der Waals surface area contributed by atoms with E-state index in [4.69, 9.17) is 4.74 Å². The van der Waals surface area contributed by atoms with Gasteiger partial charge in [0.2, 0.25) is 5.91 Å². The number of nitrogens with one attached hydrogen (secondary N) is 1. The van der Waals surface area contributed by atoms with E-state index in [9.17, 15) is 4.79 Å². The van der Waals surface area contributed by atoms with Crippen molar-refractivity contribution < 1.29 is 21.9 Å². The van der Waals surface area contributed by atoms with Gasteiger partial charge in [-0.05, 0) is 25.2 Å². The first-order valence-electron chi connectivity index (χ1n) is 7.29. The second-order valence-electron chi connectivity index (χ2n) is 5.48. The standard InChI is InChI=1S/C15H20N4O2S.ClH/c1-18-5-7-19(8-6-18)10-14(20)17-15-16-12-4-3-11(21-2)9-13(12)22-15;/h3-4,9H,5-8,10H2,1-2H3,(H,16,17,20);1H/p-1. The molecule has 1 aromatic carbocycles. The number of benzene rings is 1. The number of rotatable bonds is 4. The van der Waals surface area contributed by atoms with Crippen molar-refractivity contribution in [3.63, 3.8) is 0 Å². The Bertz CT molecular complexity index is 671. The van der Waals surface area contributed by atoms with Gasteiger partial charge in [-0.3, -0.25) is 9.69 Å². The van der Waals surface area contributed by atoms with Crippen LogP contribution in [0.15, 0.2) is 18.2 Å². The van der Waals surface area contributed by atoms with E-state index in [0.29, 0.717) is 11.7 Å². The van der Waals surface area contributed by atoms with E-state index in [0.717, 1.165) is 42.1 Å². The van der Waals surface area contributed by atoms with Crippen LogP contribution in [0.5, 0.6) is 5.75 Å². The Labute approximate surface area is 145 Å². The Hall–Kier alpha value is -1.41. The van der Waals surface area contributed by atoms with E-state index in [1.807, 2.05) is 18.2 Å². The van der Waals surface area contributed by atoms with Gasteiger partial charge in [-0.2, -0.15) is 0 Å². The second-order valence-corrected chi connectivity index (χ2v) is 6.51. The topological polar surface area (TPSA) is 57.7 Å². The van der Waals surface area contributed by atoms with Crippen molar-refractivity contribution in [1.29, 1.82) is 0 Å². The molecule has 126 valence electrons. The Morgan fingerprint density at radius 2 is 2.09 bits per heavy atom. The van der Waals surface area contributed by atoms with E-state index in [-0.39, 0.29) is 18.3 Å². The number of hydrogen-bond acceptors (Lipinski definition) is 6. The molecule has 0 bridgehead atoms. The average Bonchev–Trinajstić information content (AvgIpc) is 2.90. The summed E-state index contributed by atoms with van der Waals surface area (Å²) >= 11 is 1.47. The molecule has 1 saturated heterocycles. The molecule has 23 heavy (non-hydrogen) atoms. The fourth-order valence-electron chi connectivity index (χ4n) is 2.45. The zero-order valence-corrected chi connectivity index (χ0v) is 14.8. The molecule has 0 spiro atoms. The molecule has 1 aliphatic heterocycles. The van der Waals surface area contributed by atoms with Crippen LogP contribution < -0.4 is 22.5 Å². The maximum Gasteiger partial charge on any atom is 0.240 e. The van der Waals surface area contributed by atoms with Crippen molar-refractivity contribution in [2.75, 3.05) is 52.2 Å². The average molecular weight is 356 g/mol. The van der Waals surface area contributed by atoms with Crippen molar-refractivity contribution in [3.8, 4) is 5.75 Å². The number of carbonyl (C=O) groups is 1. The summed E-state index contributed by atoms with van der Waals surface area (Å²) in [4.78, 5) is 21.0. The van der Waals surface area contributed by atoms with Gasteiger partial charge in [-0.1, -0.05) is 11.3 Å². The fourth-order valence-corrected chi connectivity index (χ4v) is 3.36. The number of thiazole rings is 1. The normalized spacial score (nSPS) is 16.1. The number of anilines is 1. The number of likely N-dealkylation sites (N-methyl/N-ethyl adjacent to an activating group) is 1. The molecular weight excluding hydrogens is 336 g/mol. The fraction of sp³-hybridized carbons (Fsp3) is 0.467. The second kappa shape index (κ2) is 7.92. The van der Waals surface area contributed by atoms with Crippen LogP contribution >= 0.6 is 11.3 Å². The summed E-state index contributed by atoms with van der Waals surface area (Å²) in [7, 11) is 3.74. The molecule has 0 unspecified atom stereocenters. The van der Waals surface area contributed by atoms with Crippen LogP contribution in [-0.4, -0.2) is 67.6 Å². The molecule has 8 heteroatoms. The summed E-state index contributed by atoms with van der Waals surface area (Å²) < 4.78 is 6.21. The van der Waals surface area contributed by atoms with Crippen LogP contribution in [-0.2, 0) is 4.79 Å². The lowest BCUT2D eigenvalue weighted by molar-refractivity contribution is -0.117. The molecule has 1 amide bonds. The Morgan fingerprint density at radius 3 is 2.78 bits per heavy atom. The summed E-state index contributed by atoms with van der Waals surface area (Å²) in [5.41, 5.74) is 0.876. The SMILES string of the molecule is COc1ccc2nc(NC(=O)CN3CCN(C)CC3)sc2c1.[Cl-]. The molecule has 1 N–H and O–H groups in total. The quantitative estimate of drug-likeness (QED) is 0.723. The number of ether oxygens (including phenoxy) is 1. The third-order valence-electron chi connectivity index (χ3n) is 3.81. The highest BCUT2D eigenvalue weighted by Crippen LogP contribution is 2.29. The molecule has 2 heterocycles. The van der Waals surface area contributed by atoms with Crippen molar-refractivity contribution in [3.05, 3.63) is 18.2 Å². The number of piperazine rings is 1. The van der Waals surface area contributed by atoms with Crippen molar-refractivity contribution in [1.82, 2.24) is 14.8 Å². The van der Waals surface area contributed by atoms with Crippen LogP contribution in [0, 0.1) is 0 Å². The first kappa shape index (κ1) is 17.9. The first-order chi connectivity index (χ1) is 10.6. The zero-order chi connectivity index (χ0) is 15.5. The van der Waals surface area contributed by atoms with Crippen molar-refractivity contribution >= 4 is 32.6 Å². The predicted molar refractivity (Wildman–Crippen MR) is 88.7 cm³/mol. The summed E-state index contributed by atoms with van der Waals surface area (Å²) in [6.07, 6.45) is 0. The molecule has 1 aliphatic rings. The van der Waals surface area contributed by atoms with Crippen LogP contribution in [0.25, 0.3) is 10.2 Å². The third kappa shape index (κ3) is 4.54. The van der Waals surface area contributed by atoms with Gasteiger partial charge >= 0.3 is 0 Å².